The van der Waals surface area contributed by atoms with E-state index in [4.69, 9.17) is 5.11 Å². The lowest BCUT2D eigenvalue weighted by molar-refractivity contribution is -0.138. The van der Waals surface area contributed by atoms with Gasteiger partial charge in [-0.25, -0.2) is 0 Å². The molecule has 4 heterocycles. The molecule has 1 saturated heterocycles. The number of benzene rings is 3. The lowest BCUT2D eigenvalue weighted by Crippen LogP contribution is -2.48. The molecule has 0 bridgehead atoms. The molecule has 11 heteroatoms. The minimum absolute atomic E-state index is 0.00729. The van der Waals surface area contributed by atoms with Crippen LogP contribution in [0.25, 0.3) is 49.5 Å². The minimum atomic E-state index is -4.70. The third-order valence-electron chi connectivity index (χ3n) is 8.26. The van der Waals surface area contributed by atoms with Gasteiger partial charge < -0.3 is 10.0 Å². The quantitative estimate of drug-likeness (QED) is 0.241. The number of para-hydroxylation sites is 1. The van der Waals surface area contributed by atoms with Crippen molar-refractivity contribution in [3.8, 4) is 16.8 Å². The van der Waals surface area contributed by atoms with Crippen LogP contribution in [0.5, 0.6) is 0 Å². The van der Waals surface area contributed by atoms with Crippen LogP contribution in [0.15, 0.2) is 96.1 Å². The molecule has 1 fully saturated rings. The van der Waals surface area contributed by atoms with E-state index in [2.05, 4.69) is 9.97 Å². The van der Waals surface area contributed by atoms with Gasteiger partial charge in [0, 0.05) is 72.0 Å². The molecule has 8 nitrogen and oxygen atoms in total. The fraction of sp³-hybridized carbons (Fsp3) is 0.176. The number of rotatable bonds is 5. The van der Waals surface area contributed by atoms with Crippen molar-refractivity contribution in [2.24, 2.45) is 0 Å². The van der Waals surface area contributed by atoms with Gasteiger partial charge in [-0.2, -0.15) is 13.2 Å². The van der Waals surface area contributed by atoms with Crippen LogP contribution in [0, 0.1) is 0 Å². The molecule has 0 atom stereocenters. The predicted molar refractivity (Wildman–Crippen MR) is 167 cm³/mol. The number of alkyl halides is 3. The number of hydrogen-bond acceptors (Lipinski definition) is 6. The van der Waals surface area contributed by atoms with Gasteiger partial charge in [0.15, 0.2) is 0 Å². The molecular weight excluding hydrogens is 583 g/mol. The first kappa shape index (κ1) is 28.5. The first-order valence-corrected chi connectivity index (χ1v) is 14.4. The molecule has 1 N–H and O–H groups in total. The maximum absolute atomic E-state index is 14.5. The number of carboxylic acids is 1. The van der Waals surface area contributed by atoms with Gasteiger partial charge in [-0.15, -0.1) is 0 Å². The second-order valence-electron chi connectivity index (χ2n) is 11.1. The molecule has 45 heavy (non-hydrogen) atoms. The molecule has 6 aromatic rings. The molecular formula is C34H26F3N5O3. The molecule has 0 saturated carbocycles. The summed E-state index contributed by atoms with van der Waals surface area (Å²) in [5, 5.41) is 11.3. The summed E-state index contributed by atoms with van der Waals surface area (Å²) in [6.45, 7) is 0.967. The molecule has 0 unspecified atom stereocenters. The molecule has 3 aromatic carbocycles. The summed E-state index contributed by atoms with van der Waals surface area (Å²) >= 11 is 0. The second-order valence-corrected chi connectivity index (χ2v) is 11.1. The number of anilines is 1. The number of aliphatic carboxylic acids is 1. The fourth-order valence-corrected chi connectivity index (χ4v) is 6.08. The molecule has 1 aliphatic heterocycles. The zero-order valence-electron chi connectivity index (χ0n) is 23.8. The first-order chi connectivity index (χ1) is 21.7. The highest BCUT2D eigenvalue weighted by Gasteiger charge is 2.36. The number of pyridine rings is 3. The minimum Gasteiger partial charge on any atom is -0.480 e. The Kier molecular flexibility index (Phi) is 6.97. The Morgan fingerprint density at radius 3 is 2.36 bits per heavy atom. The maximum atomic E-state index is 14.5. The summed E-state index contributed by atoms with van der Waals surface area (Å²) in [5.74, 6) is -0.979. The van der Waals surface area contributed by atoms with Gasteiger partial charge >= 0.3 is 12.1 Å². The molecule has 0 aliphatic carbocycles. The largest absolute Gasteiger partial charge is 0.480 e. The number of carbonyl (C=O) groups is 1. The summed E-state index contributed by atoms with van der Waals surface area (Å²) in [6.07, 6.45) is -1.32. The van der Waals surface area contributed by atoms with Crippen LogP contribution >= 0.6 is 0 Å². The zero-order chi connectivity index (χ0) is 31.3. The van der Waals surface area contributed by atoms with Crippen LogP contribution in [0.4, 0.5) is 18.9 Å². The normalized spacial score (nSPS) is 14.4. The van der Waals surface area contributed by atoms with Crippen molar-refractivity contribution in [2.45, 2.75) is 6.18 Å². The van der Waals surface area contributed by atoms with Crippen LogP contribution < -0.4 is 10.5 Å². The van der Waals surface area contributed by atoms with Crippen LogP contribution in [0.2, 0.25) is 0 Å². The Morgan fingerprint density at radius 2 is 1.58 bits per heavy atom. The van der Waals surface area contributed by atoms with Crippen LogP contribution in [-0.2, 0) is 11.0 Å². The first-order valence-electron chi connectivity index (χ1n) is 14.4. The average Bonchev–Trinajstić information content (AvgIpc) is 3.03. The Morgan fingerprint density at radius 1 is 0.800 bits per heavy atom. The molecule has 226 valence electrons. The smallest absolute Gasteiger partial charge is 0.418 e. The van der Waals surface area contributed by atoms with E-state index in [-0.39, 0.29) is 31.0 Å². The van der Waals surface area contributed by atoms with Gasteiger partial charge in [0.05, 0.1) is 34.3 Å². The van der Waals surface area contributed by atoms with E-state index >= 15 is 0 Å². The van der Waals surface area contributed by atoms with E-state index in [1.54, 1.807) is 28.3 Å². The fourth-order valence-electron chi connectivity index (χ4n) is 6.08. The highest BCUT2D eigenvalue weighted by atomic mass is 19.4. The maximum Gasteiger partial charge on any atom is 0.418 e. The topological polar surface area (TPSA) is 91.6 Å². The molecule has 7 rings (SSSR count). The van der Waals surface area contributed by atoms with Crippen molar-refractivity contribution in [3.63, 3.8) is 0 Å². The van der Waals surface area contributed by atoms with E-state index in [1.165, 1.54) is 22.8 Å². The SMILES string of the molecule is O=C(O)CN1CCN(c2ccc(-n3c(=O)ccc4cnc5ccc(-c6cnc7ccccc7c6)cc5c43)cc2C(F)(F)F)CC1. The summed E-state index contributed by atoms with van der Waals surface area (Å²) in [5.41, 5.74) is 2.30. The van der Waals surface area contributed by atoms with Gasteiger partial charge in [-0.05, 0) is 54.1 Å². The highest BCUT2D eigenvalue weighted by Crippen LogP contribution is 2.39. The molecule has 0 amide bonds. The van der Waals surface area contributed by atoms with E-state index in [0.29, 0.717) is 34.9 Å². The van der Waals surface area contributed by atoms with Crippen molar-refractivity contribution in [3.05, 3.63) is 107 Å². The number of carboxylic acid groups (broad SMARTS) is 1. The Balaban J connectivity index is 1.36. The third kappa shape index (κ3) is 5.35. The second kappa shape index (κ2) is 11.0. The lowest BCUT2D eigenvalue weighted by Gasteiger charge is -2.36. The van der Waals surface area contributed by atoms with Gasteiger partial charge in [-0.1, -0.05) is 24.3 Å². The number of aromatic nitrogens is 3. The standard InChI is InChI=1S/C34H26F3N5O3/c35-34(36,37)27-17-25(7-9-30(27)41-13-11-40(12-14-41)20-32(44)45)42-31(43)10-6-23-18-39-29-8-5-21(16-26(29)33(23)42)24-15-22-3-1-2-4-28(22)38-19-24/h1-10,15-19H,11-14,20H2,(H,44,45). The summed E-state index contributed by atoms with van der Waals surface area (Å²) < 4.78 is 45.0. The van der Waals surface area contributed by atoms with Crippen LogP contribution in [0.1, 0.15) is 5.56 Å². The molecule has 1 aliphatic rings. The van der Waals surface area contributed by atoms with Gasteiger partial charge in [0.1, 0.15) is 0 Å². The number of piperazine rings is 1. The van der Waals surface area contributed by atoms with Crippen molar-refractivity contribution in [2.75, 3.05) is 37.6 Å². The Labute approximate surface area is 254 Å². The van der Waals surface area contributed by atoms with E-state index in [1.807, 2.05) is 48.5 Å². The molecule has 0 spiro atoms. The summed E-state index contributed by atoms with van der Waals surface area (Å²) in [6, 6.07) is 22.3. The highest BCUT2D eigenvalue weighted by molar-refractivity contribution is 6.05. The lowest BCUT2D eigenvalue weighted by atomic mass is 10.0. The van der Waals surface area contributed by atoms with E-state index in [0.717, 1.165) is 28.1 Å². The molecule has 3 aromatic heterocycles. The number of nitrogens with zero attached hydrogens (tertiary/aromatic N) is 5. The van der Waals surface area contributed by atoms with Crippen molar-refractivity contribution < 1.29 is 23.1 Å². The van der Waals surface area contributed by atoms with Gasteiger partial charge in [0.25, 0.3) is 5.56 Å². The molecule has 0 radical (unpaired) electrons. The Hall–Kier alpha value is -5.29. The van der Waals surface area contributed by atoms with Crippen LogP contribution in [-0.4, -0.2) is 63.2 Å². The number of hydrogen-bond donors (Lipinski definition) is 1. The van der Waals surface area contributed by atoms with E-state index < -0.39 is 23.3 Å². The average molecular weight is 610 g/mol. The van der Waals surface area contributed by atoms with Crippen molar-refractivity contribution >= 4 is 44.4 Å². The predicted octanol–water partition coefficient (Wildman–Crippen LogP) is 5.98. The number of halogens is 3. The monoisotopic (exact) mass is 609 g/mol. The van der Waals surface area contributed by atoms with Crippen molar-refractivity contribution in [1.82, 2.24) is 19.4 Å². The third-order valence-corrected chi connectivity index (χ3v) is 8.26. The van der Waals surface area contributed by atoms with Gasteiger partial charge in [-0.3, -0.25) is 29.0 Å². The summed E-state index contributed by atoms with van der Waals surface area (Å²) in [7, 11) is 0. The van der Waals surface area contributed by atoms with Crippen molar-refractivity contribution in [1.29, 1.82) is 0 Å². The van der Waals surface area contributed by atoms with Crippen LogP contribution in [0.3, 0.4) is 0 Å². The zero-order valence-corrected chi connectivity index (χ0v) is 23.8. The Bertz CT molecular complexity index is 2170. The van der Waals surface area contributed by atoms with E-state index in [9.17, 15) is 22.8 Å². The number of fused-ring (bicyclic) bond motifs is 4. The van der Waals surface area contributed by atoms with Gasteiger partial charge in [0.2, 0.25) is 0 Å². The summed E-state index contributed by atoms with van der Waals surface area (Å²) in [4.78, 5) is 36.9.